The van der Waals surface area contributed by atoms with Crippen molar-refractivity contribution in [2.24, 2.45) is 5.92 Å². The molecule has 2 N–H and O–H groups in total. The van der Waals surface area contributed by atoms with Gasteiger partial charge in [0.15, 0.2) is 0 Å². The topological polar surface area (TPSA) is 74.4 Å². The van der Waals surface area contributed by atoms with Gasteiger partial charge < -0.3 is 19.7 Å². The van der Waals surface area contributed by atoms with Crippen molar-refractivity contribution >= 4 is 6.01 Å². The molecule has 96 valence electrons. The van der Waals surface area contributed by atoms with Crippen molar-refractivity contribution < 1.29 is 9.52 Å². The second-order valence-corrected chi connectivity index (χ2v) is 4.37. The van der Waals surface area contributed by atoms with Gasteiger partial charge in [0.05, 0.1) is 6.54 Å². The number of hydrogen-bond acceptors (Lipinski definition) is 6. The first-order chi connectivity index (χ1) is 8.33. The number of aliphatic hydroxyl groups is 1. The van der Waals surface area contributed by atoms with Crippen molar-refractivity contribution in [1.82, 2.24) is 15.5 Å². The summed E-state index contributed by atoms with van der Waals surface area (Å²) in [6, 6.07) is 0.606. The Morgan fingerprint density at radius 3 is 2.82 bits per heavy atom. The van der Waals surface area contributed by atoms with Crippen LogP contribution in [0.4, 0.5) is 6.01 Å². The standard InChI is InChI=1S/C11H20N4O2/c1-2-12-7-10-13-14-11(17-10)15-5-3-9(8-16)4-6-15/h9,12,16H,2-8H2,1H3. The summed E-state index contributed by atoms with van der Waals surface area (Å²) in [6.45, 7) is 5.60. The molecule has 6 nitrogen and oxygen atoms in total. The molecule has 1 aromatic heterocycles. The average molecular weight is 240 g/mol. The quantitative estimate of drug-likeness (QED) is 0.775. The molecule has 1 aliphatic heterocycles. The van der Waals surface area contributed by atoms with Crippen molar-refractivity contribution in [1.29, 1.82) is 0 Å². The molecular weight excluding hydrogens is 220 g/mol. The van der Waals surface area contributed by atoms with E-state index in [0.717, 1.165) is 32.5 Å². The molecule has 2 rings (SSSR count). The summed E-state index contributed by atoms with van der Waals surface area (Å²) in [5, 5.41) is 20.3. The minimum atomic E-state index is 0.281. The Hall–Kier alpha value is -1.14. The molecule has 0 amide bonds. The molecule has 0 saturated carbocycles. The Bertz CT molecular complexity index is 334. The van der Waals surface area contributed by atoms with E-state index in [1.165, 1.54) is 0 Å². The summed E-state index contributed by atoms with van der Waals surface area (Å²) in [7, 11) is 0. The summed E-state index contributed by atoms with van der Waals surface area (Å²) in [5.74, 6) is 1.06. The largest absolute Gasteiger partial charge is 0.407 e. The third-order valence-electron chi connectivity index (χ3n) is 3.13. The van der Waals surface area contributed by atoms with Crippen LogP contribution in [0.1, 0.15) is 25.7 Å². The number of anilines is 1. The Morgan fingerprint density at radius 2 is 2.18 bits per heavy atom. The van der Waals surface area contributed by atoms with E-state index in [0.29, 0.717) is 24.4 Å². The molecule has 0 aromatic carbocycles. The van der Waals surface area contributed by atoms with Crippen LogP contribution in [-0.4, -0.2) is 41.5 Å². The zero-order valence-corrected chi connectivity index (χ0v) is 10.2. The van der Waals surface area contributed by atoms with Crippen LogP contribution in [0.25, 0.3) is 0 Å². The van der Waals surface area contributed by atoms with Gasteiger partial charge in [0.1, 0.15) is 0 Å². The van der Waals surface area contributed by atoms with Crippen molar-refractivity contribution in [2.45, 2.75) is 26.3 Å². The smallest absolute Gasteiger partial charge is 0.318 e. The van der Waals surface area contributed by atoms with Crippen molar-refractivity contribution in [3.05, 3.63) is 5.89 Å². The van der Waals surface area contributed by atoms with Crippen LogP contribution >= 0.6 is 0 Å². The van der Waals surface area contributed by atoms with Crippen molar-refractivity contribution in [3.63, 3.8) is 0 Å². The van der Waals surface area contributed by atoms with Gasteiger partial charge in [-0.15, -0.1) is 5.10 Å². The molecule has 1 aromatic rings. The summed E-state index contributed by atoms with van der Waals surface area (Å²) in [4.78, 5) is 2.09. The molecule has 0 radical (unpaired) electrons. The van der Waals surface area contributed by atoms with E-state index >= 15 is 0 Å². The number of piperidine rings is 1. The Balaban J connectivity index is 1.87. The molecule has 1 fully saturated rings. The van der Waals surface area contributed by atoms with E-state index in [9.17, 15) is 0 Å². The van der Waals surface area contributed by atoms with E-state index in [1.807, 2.05) is 6.92 Å². The zero-order valence-electron chi connectivity index (χ0n) is 10.2. The molecule has 0 spiro atoms. The fourth-order valence-corrected chi connectivity index (χ4v) is 1.98. The Labute approximate surface area is 101 Å². The second kappa shape index (κ2) is 5.97. The van der Waals surface area contributed by atoms with Gasteiger partial charge in [0.25, 0.3) is 0 Å². The molecule has 0 aliphatic carbocycles. The molecule has 0 unspecified atom stereocenters. The summed E-state index contributed by atoms with van der Waals surface area (Å²) in [6.07, 6.45) is 1.98. The zero-order chi connectivity index (χ0) is 12.1. The number of aliphatic hydroxyl groups excluding tert-OH is 1. The molecule has 1 aliphatic rings. The van der Waals surface area contributed by atoms with E-state index in [4.69, 9.17) is 9.52 Å². The number of rotatable bonds is 5. The maximum atomic E-state index is 9.07. The minimum Gasteiger partial charge on any atom is -0.407 e. The highest BCUT2D eigenvalue weighted by atomic mass is 16.4. The maximum absolute atomic E-state index is 9.07. The van der Waals surface area contributed by atoms with Crippen LogP contribution in [0.2, 0.25) is 0 Å². The highest BCUT2D eigenvalue weighted by molar-refractivity contribution is 5.24. The van der Waals surface area contributed by atoms with Crippen molar-refractivity contribution in [3.8, 4) is 0 Å². The monoisotopic (exact) mass is 240 g/mol. The first-order valence-corrected chi connectivity index (χ1v) is 6.22. The van der Waals surface area contributed by atoms with Crippen LogP contribution < -0.4 is 10.2 Å². The number of aromatic nitrogens is 2. The van der Waals surface area contributed by atoms with Crippen LogP contribution in [-0.2, 0) is 6.54 Å². The average Bonchev–Trinajstić information content (AvgIpc) is 2.85. The van der Waals surface area contributed by atoms with E-state index < -0.39 is 0 Å². The first-order valence-electron chi connectivity index (χ1n) is 6.22. The summed E-state index contributed by atoms with van der Waals surface area (Å²) in [5.41, 5.74) is 0. The van der Waals surface area contributed by atoms with Crippen LogP contribution in [0, 0.1) is 5.92 Å². The lowest BCUT2D eigenvalue weighted by Crippen LogP contribution is -2.34. The van der Waals surface area contributed by atoms with E-state index in [2.05, 4.69) is 20.4 Å². The molecule has 1 saturated heterocycles. The third-order valence-corrected chi connectivity index (χ3v) is 3.13. The fraction of sp³-hybridized carbons (Fsp3) is 0.818. The normalized spacial score (nSPS) is 17.6. The minimum absolute atomic E-state index is 0.281. The third kappa shape index (κ3) is 3.17. The Kier molecular flexibility index (Phi) is 4.33. The second-order valence-electron chi connectivity index (χ2n) is 4.37. The highest BCUT2D eigenvalue weighted by Crippen LogP contribution is 2.21. The van der Waals surface area contributed by atoms with E-state index in [1.54, 1.807) is 0 Å². The van der Waals surface area contributed by atoms with Crippen LogP contribution in [0.3, 0.4) is 0 Å². The number of nitrogens with zero attached hydrogens (tertiary/aromatic N) is 3. The van der Waals surface area contributed by atoms with E-state index in [-0.39, 0.29) is 6.61 Å². The van der Waals surface area contributed by atoms with Gasteiger partial charge in [0, 0.05) is 19.7 Å². The summed E-state index contributed by atoms with van der Waals surface area (Å²) < 4.78 is 5.57. The molecule has 2 heterocycles. The lowest BCUT2D eigenvalue weighted by molar-refractivity contribution is 0.201. The highest BCUT2D eigenvalue weighted by Gasteiger charge is 2.22. The lowest BCUT2D eigenvalue weighted by atomic mass is 9.98. The lowest BCUT2D eigenvalue weighted by Gasteiger charge is -2.29. The Morgan fingerprint density at radius 1 is 1.41 bits per heavy atom. The molecule has 17 heavy (non-hydrogen) atoms. The van der Waals surface area contributed by atoms with Gasteiger partial charge in [0.2, 0.25) is 5.89 Å². The van der Waals surface area contributed by atoms with Gasteiger partial charge in [-0.05, 0) is 25.3 Å². The maximum Gasteiger partial charge on any atom is 0.318 e. The first kappa shape index (κ1) is 12.3. The van der Waals surface area contributed by atoms with Gasteiger partial charge >= 0.3 is 6.01 Å². The van der Waals surface area contributed by atoms with Crippen LogP contribution in [0.15, 0.2) is 4.42 Å². The van der Waals surface area contributed by atoms with Crippen LogP contribution in [0.5, 0.6) is 0 Å². The van der Waals surface area contributed by atoms with Gasteiger partial charge in [-0.3, -0.25) is 0 Å². The molecule has 6 heteroatoms. The number of hydrogen-bond donors (Lipinski definition) is 2. The molecular formula is C11H20N4O2. The molecule has 0 atom stereocenters. The van der Waals surface area contributed by atoms with Gasteiger partial charge in [-0.1, -0.05) is 12.0 Å². The molecule has 0 bridgehead atoms. The number of nitrogens with one attached hydrogen (secondary N) is 1. The van der Waals surface area contributed by atoms with Crippen molar-refractivity contribution in [2.75, 3.05) is 31.1 Å². The predicted octanol–water partition coefficient (Wildman–Crippen LogP) is 0.388. The predicted molar refractivity (Wildman–Crippen MR) is 63.7 cm³/mol. The summed E-state index contributed by atoms with van der Waals surface area (Å²) >= 11 is 0. The van der Waals surface area contributed by atoms with Gasteiger partial charge in [-0.25, -0.2) is 0 Å². The fourth-order valence-electron chi connectivity index (χ4n) is 1.98. The SMILES string of the molecule is CCNCc1nnc(N2CCC(CO)CC2)o1. The van der Waals surface area contributed by atoms with Gasteiger partial charge in [-0.2, -0.15) is 0 Å².